The lowest BCUT2D eigenvalue weighted by molar-refractivity contribution is -0.121. The number of ether oxygens (including phenoxy) is 1. The van der Waals surface area contributed by atoms with Crippen LogP contribution in [0.3, 0.4) is 0 Å². The van der Waals surface area contributed by atoms with Crippen molar-refractivity contribution in [3.05, 3.63) is 0 Å². The maximum atomic E-state index is 11.8. The molecule has 2 rings (SSSR count). The standard InChI is InChI=1S/C13H23N3O3S/c1-10-7-15(8-11(2)19-10)4-3-14-12(17)9-16-5-6-20-13(16)18/h10-11H,3-9H2,1-2H3,(H,14,17)/t10-,11+. The van der Waals surface area contributed by atoms with Gasteiger partial charge in [-0.2, -0.15) is 0 Å². The summed E-state index contributed by atoms with van der Waals surface area (Å²) < 4.78 is 5.67. The van der Waals surface area contributed by atoms with Crippen molar-refractivity contribution in [2.75, 3.05) is 45.0 Å². The Hall–Kier alpha value is -0.790. The van der Waals surface area contributed by atoms with Gasteiger partial charge in [0.1, 0.15) is 6.54 Å². The third-order valence-electron chi connectivity index (χ3n) is 3.42. The Morgan fingerprint density at radius 1 is 1.40 bits per heavy atom. The molecule has 20 heavy (non-hydrogen) atoms. The van der Waals surface area contributed by atoms with Gasteiger partial charge in [0.25, 0.3) is 5.24 Å². The van der Waals surface area contributed by atoms with Crippen LogP contribution in [0.4, 0.5) is 4.79 Å². The summed E-state index contributed by atoms with van der Waals surface area (Å²) in [6, 6.07) is 0. The number of rotatable bonds is 5. The second-order valence-corrected chi connectivity index (χ2v) is 6.45. The number of amides is 2. The highest BCUT2D eigenvalue weighted by atomic mass is 32.2. The molecule has 2 aliphatic rings. The third kappa shape index (κ3) is 4.64. The maximum absolute atomic E-state index is 11.8. The predicted octanol–water partition coefficient (Wildman–Crippen LogP) is 0.381. The van der Waals surface area contributed by atoms with Gasteiger partial charge in [-0.05, 0) is 13.8 Å². The van der Waals surface area contributed by atoms with Crippen molar-refractivity contribution >= 4 is 22.9 Å². The number of morpholine rings is 1. The van der Waals surface area contributed by atoms with E-state index in [0.29, 0.717) is 13.1 Å². The summed E-state index contributed by atoms with van der Waals surface area (Å²) in [4.78, 5) is 27.0. The van der Waals surface area contributed by atoms with Crippen LogP contribution in [0.15, 0.2) is 0 Å². The molecule has 0 radical (unpaired) electrons. The summed E-state index contributed by atoms with van der Waals surface area (Å²) in [5.74, 6) is 0.713. The van der Waals surface area contributed by atoms with Gasteiger partial charge in [-0.25, -0.2) is 0 Å². The monoisotopic (exact) mass is 301 g/mol. The minimum Gasteiger partial charge on any atom is -0.373 e. The van der Waals surface area contributed by atoms with Gasteiger partial charge in [0, 0.05) is 38.5 Å². The Morgan fingerprint density at radius 3 is 2.70 bits per heavy atom. The highest BCUT2D eigenvalue weighted by molar-refractivity contribution is 8.13. The fraction of sp³-hybridized carbons (Fsp3) is 0.846. The minimum atomic E-state index is -0.0739. The van der Waals surface area contributed by atoms with Crippen molar-refractivity contribution in [2.24, 2.45) is 0 Å². The maximum Gasteiger partial charge on any atom is 0.282 e. The number of thioether (sulfide) groups is 1. The molecular formula is C13H23N3O3S. The zero-order valence-corrected chi connectivity index (χ0v) is 12.9. The molecule has 2 aliphatic heterocycles. The smallest absolute Gasteiger partial charge is 0.282 e. The van der Waals surface area contributed by atoms with Crippen molar-refractivity contribution in [2.45, 2.75) is 26.1 Å². The first kappa shape index (κ1) is 15.6. The lowest BCUT2D eigenvalue weighted by atomic mass is 10.2. The molecule has 0 aromatic carbocycles. The predicted molar refractivity (Wildman–Crippen MR) is 78.9 cm³/mol. The van der Waals surface area contributed by atoms with Crippen LogP contribution in [0, 0.1) is 0 Å². The summed E-state index contributed by atoms with van der Waals surface area (Å²) in [5.41, 5.74) is 0. The van der Waals surface area contributed by atoms with Gasteiger partial charge in [-0.1, -0.05) is 11.8 Å². The largest absolute Gasteiger partial charge is 0.373 e. The van der Waals surface area contributed by atoms with Crippen molar-refractivity contribution in [1.29, 1.82) is 0 Å². The number of nitrogens with zero attached hydrogens (tertiary/aromatic N) is 2. The molecule has 0 bridgehead atoms. The van der Waals surface area contributed by atoms with Crippen molar-refractivity contribution in [3.63, 3.8) is 0 Å². The number of hydrogen-bond donors (Lipinski definition) is 1. The van der Waals surface area contributed by atoms with Crippen molar-refractivity contribution < 1.29 is 14.3 Å². The molecule has 2 heterocycles. The van der Waals surface area contributed by atoms with E-state index < -0.39 is 0 Å². The lowest BCUT2D eigenvalue weighted by Crippen LogP contribution is -2.48. The third-order valence-corrected chi connectivity index (χ3v) is 4.32. The summed E-state index contributed by atoms with van der Waals surface area (Å²) in [6.45, 7) is 8.25. The van der Waals surface area contributed by atoms with E-state index >= 15 is 0 Å². The minimum absolute atomic E-state index is 0.0102. The Kier molecular flexibility index (Phi) is 5.68. The van der Waals surface area contributed by atoms with Gasteiger partial charge in [-0.15, -0.1) is 0 Å². The molecule has 2 atom stereocenters. The summed E-state index contributed by atoms with van der Waals surface area (Å²) in [6.07, 6.45) is 0.488. The van der Waals surface area contributed by atoms with E-state index in [1.165, 1.54) is 11.8 Å². The molecule has 7 heteroatoms. The van der Waals surface area contributed by atoms with E-state index in [-0.39, 0.29) is 29.9 Å². The Bertz CT molecular complexity index is 357. The van der Waals surface area contributed by atoms with Crippen LogP contribution in [-0.2, 0) is 9.53 Å². The van der Waals surface area contributed by atoms with E-state index in [0.717, 1.165) is 25.4 Å². The molecular weight excluding hydrogens is 278 g/mol. The number of hydrogen-bond acceptors (Lipinski definition) is 5. The molecule has 0 aromatic rings. The van der Waals surface area contributed by atoms with Gasteiger partial charge in [-0.3, -0.25) is 14.5 Å². The Balaban J connectivity index is 1.62. The SMILES string of the molecule is C[C@@H]1CN(CCNC(=O)CN2CCSC2=O)C[C@H](C)O1. The molecule has 1 N–H and O–H groups in total. The lowest BCUT2D eigenvalue weighted by Gasteiger charge is -2.35. The molecule has 0 spiro atoms. The van der Waals surface area contributed by atoms with E-state index in [4.69, 9.17) is 4.74 Å². The highest BCUT2D eigenvalue weighted by Gasteiger charge is 2.24. The van der Waals surface area contributed by atoms with Crippen LogP contribution in [0.25, 0.3) is 0 Å². The second kappa shape index (κ2) is 7.28. The first-order valence-corrected chi connectivity index (χ1v) is 8.09. The van der Waals surface area contributed by atoms with Crippen LogP contribution < -0.4 is 5.32 Å². The van der Waals surface area contributed by atoms with Crippen molar-refractivity contribution in [3.8, 4) is 0 Å². The van der Waals surface area contributed by atoms with Crippen LogP contribution in [0.5, 0.6) is 0 Å². The topological polar surface area (TPSA) is 61.9 Å². The molecule has 2 saturated heterocycles. The molecule has 2 amide bonds. The van der Waals surface area contributed by atoms with Crippen molar-refractivity contribution in [1.82, 2.24) is 15.1 Å². The van der Waals surface area contributed by atoms with Crippen LogP contribution in [0.1, 0.15) is 13.8 Å². The number of carbonyl (C=O) groups is 2. The Morgan fingerprint density at radius 2 is 2.10 bits per heavy atom. The quantitative estimate of drug-likeness (QED) is 0.795. The number of nitrogens with one attached hydrogen (secondary N) is 1. The summed E-state index contributed by atoms with van der Waals surface area (Å²) in [7, 11) is 0. The fourth-order valence-corrected chi connectivity index (χ4v) is 3.44. The molecule has 2 fully saturated rings. The molecule has 0 unspecified atom stereocenters. The number of carbonyl (C=O) groups excluding carboxylic acids is 2. The van der Waals surface area contributed by atoms with E-state index in [9.17, 15) is 9.59 Å². The average molecular weight is 301 g/mol. The first-order valence-electron chi connectivity index (χ1n) is 7.11. The van der Waals surface area contributed by atoms with Gasteiger partial charge < -0.3 is 15.0 Å². The summed E-state index contributed by atoms with van der Waals surface area (Å²) >= 11 is 1.28. The Labute approximate surface area is 124 Å². The fourth-order valence-electron chi connectivity index (χ4n) is 2.62. The average Bonchev–Trinajstić information content (AvgIpc) is 2.73. The molecule has 6 nitrogen and oxygen atoms in total. The van der Waals surface area contributed by atoms with Gasteiger partial charge in [0.2, 0.25) is 5.91 Å². The highest BCUT2D eigenvalue weighted by Crippen LogP contribution is 2.16. The second-order valence-electron chi connectivity index (χ2n) is 5.40. The van der Waals surface area contributed by atoms with Gasteiger partial charge in [0.05, 0.1) is 12.2 Å². The van der Waals surface area contributed by atoms with Crippen LogP contribution in [-0.4, -0.2) is 78.2 Å². The zero-order valence-electron chi connectivity index (χ0n) is 12.1. The normalized spacial score (nSPS) is 27.9. The zero-order chi connectivity index (χ0) is 14.5. The van der Waals surface area contributed by atoms with E-state index in [1.54, 1.807) is 4.90 Å². The molecule has 114 valence electrons. The van der Waals surface area contributed by atoms with Gasteiger partial charge >= 0.3 is 0 Å². The van der Waals surface area contributed by atoms with Crippen LogP contribution in [0.2, 0.25) is 0 Å². The van der Waals surface area contributed by atoms with E-state index in [2.05, 4.69) is 24.1 Å². The molecule has 0 saturated carbocycles. The molecule has 0 aliphatic carbocycles. The van der Waals surface area contributed by atoms with E-state index in [1.807, 2.05) is 0 Å². The summed E-state index contributed by atoms with van der Waals surface area (Å²) in [5, 5.41) is 2.89. The molecule has 0 aromatic heterocycles. The van der Waals surface area contributed by atoms with Gasteiger partial charge in [0.15, 0.2) is 0 Å². The van der Waals surface area contributed by atoms with Crippen LogP contribution >= 0.6 is 11.8 Å². The first-order chi connectivity index (χ1) is 9.54.